The number of aromatic nitrogens is 1. The molecule has 1 N–H and O–H groups in total. The first-order valence-electron chi connectivity index (χ1n) is 6.56. The molecule has 0 bridgehead atoms. The van der Waals surface area contributed by atoms with Gasteiger partial charge in [-0.2, -0.15) is 0 Å². The van der Waals surface area contributed by atoms with E-state index >= 15 is 0 Å². The minimum atomic E-state index is -0.935. The Kier molecular flexibility index (Phi) is 4.65. The van der Waals surface area contributed by atoms with Gasteiger partial charge < -0.3 is 10.0 Å². The van der Waals surface area contributed by atoms with Gasteiger partial charge in [-0.05, 0) is 18.1 Å². The summed E-state index contributed by atoms with van der Waals surface area (Å²) in [5.41, 5.74) is 0.668. The van der Waals surface area contributed by atoms with E-state index in [9.17, 15) is 14.7 Å². The summed E-state index contributed by atoms with van der Waals surface area (Å²) in [5.74, 6) is -0.432. The molecule has 0 aliphatic carbocycles. The van der Waals surface area contributed by atoms with Crippen LogP contribution in [0.3, 0.4) is 0 Å². The molecule has 2 atom stereocenters. The predicted octanol–water partition coefficient (Wildman–Crippen LogP) is 1.63. The van der Waals surface area contributed by atoms with Gasteiger partial charge in [0.15, 0.2) is 0 Å². The quantitative estimate of drug-likeness (QED) is 0.914. The minimum absolute atomic E-state index is 0.0766. The molecule has 1 amide bonds. The van der Waals surface area contributed by atoms with Gasteiger partial charge in [-0.15, -0.1) is 11.8 Å². The molecule has 1 aliphatic rings. The molecule has 1 aliphatic heterocycles. The molecule has 0 saturated carbocycles. The van der Waals surface area contributed by atoms with Gasteiger partial charge in [0.05, 0.1) is 11.8 Å². The number of carboxylic acid groups (broad SMARTS) is 1. The fraction of sp³-hybridized carbons (Fsp3) is 0.500. The molecule has 2 heterocycles. The van der Waals surface area contributed by atoms with E-state index in [1.165, 1.54) is 16.7 Å². The molecule has 1 saturated heterocycles. The lowest BCUT2D eigenvalue weighted by atomic mass is 10.1. The molecule has 6 heteroatoms. The number of hydrogen-bond donors (Lipinski definition) is 1. The zero-order chi connectivity index (χ0) is 14.7. The molecule has 1 fully saturated rings. The standard InChI is InChI=1S/C14H18N2O3S/c1-9(2)13-16(11(8-20-13)14(18)19)12(17)7-10-5-3-4-6-15-10/h3-6,9,11,13H,7-8H2,1-2H3,(H,18,19). The summed E-state index contributed by atoms with van der Waals surface area (Å²) in [6.07, 6.45) is 1.78. The number of carboxylic acids is 1. The highest BCUT2D eigenvalue weighted by Crippen LogP contribution is 2.34. The van der Waals surface area contributed by atoms with Gasteiger partial charge in [0.2, 0.25) is 5.91 Å². The van der Waals surface area contributed by atoms with Gasteiger partial charge in [-0.1, -0.05) is 19.9 Å². The SMILES string of the molecule is CC(C)C1SCC(C(=O)O)N1C(=O)Cc1ccccn1. The van der Waals surface area contributed by atoms with Crippen LogP contribution < -0.4 is 0 Å². The van der Waals surface area contributed by atoms with Crippen molar-refractivity contribution in [2.45, 2.75) is 31.7 Å². The van der Waals surface area contributed by atoms with Gasteiger partial charge in [0, 0.05) is 17.6 Å². The molecule has 2 rings (SSSR count). The summed E-state index contributed by atoms with van der Waals surface area (Å²) < 4.78 is 0. The molecule has 1 aromatic rings. The largest absolute Gasteiger partial charge is 0.480 e. The summed E-state index contributed by atoms with van der Waals surface area (Å²) in [4.78, 5) is 29.4. The Morgan fingerprint density at radius 2 is 2.25 bits per heavy atom. The molecular weight excluding hydrogens is 276 g/mol. The zero-order valence-electron chi connectivity index (χ0n) is 11.5. The Labute approximate surface area is 122 Å². The number of nitrogens with zero attached hydrogens (tertiary/aromatic N) is 2. The van der Waals surface area contributed by atoms with Crippen LogP contribution in [-0.4, -0.2) is 44.0 Å². The van der Waals surface area contributed by atoms with Crippen molar-refractivity contribution in [2.24, 2.45) is 5.92 Å². The average Bonchev–Trinajstić information content (AvgIpc) is 2.84. The lowest BCUT2D eigenvalue weighted by molar-refractivity contribution is -0.149. The number of thioether (sulfide) groups is 1. The van der Waals surface area contributed by atoms with Crippen molar-refractivity contribution in [3.8, 4) is 0 Å². The van der Waals surface area contributed by atoms with Gasteiger partial charge in [0.1, 0.15) is 6.04 Å². The summed E-state index contributed by atoms with van der Waals surface area (Å²) in [7, 11) is 0. The predicted molar refractivity (Wildman–Crippen MR) is 77.3 cm³/mol. The van der Waals surface area contributed by atoms with Crippen LogP contribution in [-0.2, 0) is 16.0 Å². The van der Waals surface area contributed by atoms with Crippen LogP contribution in [0.4, 0.5) is 0 Å². The number of pyridine rings is 1. The molecule has 5 nitrogen and oxygen atoms in total. The van der Waals surface area contributed by atoms with Crippen molar-refractivity contribution in [2.75, 3.05) is 5.75 Å². The van der Waals surface area contributed by atoms with Crippen LogP contribution in [0.15, 0.2) is 24.4 Å². The minimum Gasteiger partial charge on any atom is -0.480 e. The smallest absolute Gasteiger partial charge is 0.327 e. The van der Waals surface area contributed by atoms with E-state index in [-0.39, 0.29) is 23.6 Å². The van der Waals surface area contributed by atoms with E-state index in [0.717, 1.165) is 0 Å². The van der Waals surface area contributed by atoms with Crippen molar-refractivity contribution in [3.05, 3.63) is 30.1 Å². The number of rotatable bonds is 4. The normalized spacial score (nSPS) is 22.2. The van der Waals surface area contributed by atoms with Crippen molar-refractivity contribution < 1.29 is 14.7 Å². The van der Waals surface area contributed by atoms with Gasteiger partial charge in [-0.25, -0.2) is 4.79 Å². The molecule has 0 spiro atoms. The Morgan fingerprint density at radius 1 is 1.50 bits per heavy atom. The first-order chi connectivity index (χ1) is 9.50. The fourth-order valence-corrected chi connectivity index (χ4v) is 3.79. The highest BCUT2D eigenvalue weighted by molar-refractivity contribution is 8.00. The van der Waals surface area contributed by atoms with Gasteiger partial charge in [0.25, 0.3) is 0 Å². The first-order valence-corrected chi connectivity index (χ1v) is 7.61. The highest BCUT2D eigenvalue weighted by Gasteiger charge is 2.42. The monoisotopic (exact) mass is 294 g/mol. The Bertz CT molecular complexity index is 492. The van der Waals surface area contributed by atoms with E-state index < -0.39 is 12.0 Å². The lowest BCUT2D eigenvalue weighted by Crippen LogP contribution is -2.47. The molecule has 108 valence electrons. The number of amides is 1. The maximum absolute atomic E-state index is 12.5. The van der Waals surface area contributed by atoms with E-state index in [4.69, 9.17) is 0 Å². The number of hydrogen-bond acceptors (Lipinski definition) is 4. The van der Waals surface area contributed by atoms with Crippen molar-refractivity contribution in [1.29, 1.82) is 0 Å². The van der Waals surface area contributed by atoms with Crippen LogP contribution in [0.25, 0.3) is 0 Å². The zero-order valence-corrected chi connectivity index (χ0v) is 12.3. The first kappa shape index (κ1) is 14.8. The van der Waals surface area contributed by atoms with Crippen LogP contribution >= 0.6 is 11.8 Å². The molecule has 0 aromatic carbocycles. The Hall–Kier alpha value is -1.56. The van der Waals surface area contributed by atoms with E-state index in [0.29, 0.717) is 11.4 Å². The van der Waals surface area contributed by atoms with E-state index in [1.54, 1.807) is 18.3 Å². The second-order valence-electron chi connectivity index (χ2n) is 5.12. The third-order valence-corrected chi connectivity index (χ3v) is 4.86. The Balaban J connectivity index is 2.17. The summed E-state index contributed by atoms with van der Waals surface area (Å²) in [5, 5.41) is 9.20. The average molecular weight is 294 g/mol. The van der Waals surface area contributed by atoms with E-state index in [1.807, 2.05) is 19.9 Å². The highest BCUT2D eigenvalue weighted by atomic mass is 32.2. The lowest BCUT2D eigenvalue weighted by Gasteiger charge is -2.29. The topological polar surface area (TPSA) is 70.5 Å². The summed E-state index contributed by atoms with van der Waals surface area (Å²) in [6, 6.07) is 4.66. The third kappa shape index (κ3) is 3.12. The maximum Gasteiger partial charge on any atom is 0.327 e. The Morgan fingerprint density at radius 3 is 2.80 bits per heavy atom. The fourth-order valence-electron chi connectivity index (χ4n) is 2.30. The molecule has 2 unspecified atom stereocenters. The van der Waals surface area contributed by atoms with Crippen LogP contribution in [0.5, 0.6) is 0 Å². The molecule has 0 radical (unpaired) electrons. The summed E-state index contributed by atoms with van der Waals surface area (Å²) in [6.45, 7) is 4.01. The van der Waals surface area contributed by atoms with Gasteiger partial charge >= 0.3 is 5.97 Å². The van der Waals surface area contributed by atoms with E-state index in [2.05, 4.69) is 4.98 Å². The molecular formula is C14H18N2O3S. The molecule has 20 heavy (non-hydrogen) atoms. The van der Waals surface area contributed by atoms with Gasteiger partial charge in [-0.3, -0.25) is 9.78 Å². The van der Waals surface area contributed by atoms with Crippen molar-refractivity contribution >= 4 is 23.6 Å². The van der Waals surface area contributed by atoms with Crippen LogP contribution in [0.1, 0.15) is 19.5 Å². The molecule has 1 aromatic heterocycles. The third-order valence-electron chi connectivity index (χ3n) is 3.24. The number of carbonyl (C=O) groups is 2. The van der Waals surface area contributed by atoms with Crippen molar-refractivity contribution in [1.82, 2.24) is 9.88 Å². The number of aliphatic carboxylic acids is 1. The van der Waals surface area contributed by atoms with Crippen molar-refractivity contribution in [3.63, 3.8) is 0 Å². The van der Waals surface area contributed by atoms with Crippen LogP contribution in [0.2, 0.25) is 0 Å². The van der Waals surface area contributed by atoms with Crippen LogP contribution in [0, 0.1) is 5.92 Å². The number of carbonyl (C=O) groups excluding carboxylic acids is 1. The maximum atomic E-state index is 12.5. The second kappa shape index (κ2) is 6.26. The second-order valence-corrected chi connectivity index (χ2v) is 6.27. The summed E-state index contributed by atoms with van der Waals surface area (Å²) >= 11 is 1.54.